The van der Waals surface area contributed by atoms with Crippen LogP contribution in [0.5, 0.6) is 0 Å². The van der Waals surface area contributed by atoms with E-state index in [9.17, 15) is 9.90 Å². The van der Waals surface area contributed by atoms with Gasteiger partial charge in [0.15, 0.2) is 11.5 Å². The molecule has 3 fully saturated rings. The van der Waals surface area contributed by atoms with Crippen molar-refractivity contribution in [1.82, 2.24) is 19.6 Å². The SMILES string of the molecule is CCCCN(CCCCN(C)C)C(=O)CN1C[C@H](C2(C)C=C3OCOC3=CC2)C[C@@H]1CCN1CC(C)(C)CC1O. The van der Waals surface area contributed by atoms with Crippen LogP contribution in [0.25, 0.3) is 0 Å². The summed E-state index contributed by atoms with van der Waals surface area (Å²) in [5.41, 5.74) is 0.126. The van der Waals surface area contributed by atoms with Crippen LogP contribution in [0.15, 0.2) is 23.7 Å². The second-order valence-electron chi connectivity index (χ2n) is 14.1. The Labute approximate surface area is 243 Å². The van der Waals surface area contributed by atoms with Crippen LogP contribution in [0.1, 0.15) is 79.1 Å². The number of carbonyl (C=O) groups excluding carboxylic acids is 1. The standard InChI is InChI=1S/C32H56N4O4/c1-7-8-15-34(16-10-9-14-33(5)6)30(38)22-36-21-25(32(4)13-11-27-28(19-32)40-24-39-27)18-26(36)12-17-35-23-31(2,3)20-29(35)37/h11,19,25-26,29,37H,7-10,12-18,20-24H2,1-6H3/t25-,26+,29?,32?/m1/s1. The molecule has 0 aromatic heterocycles. The molecule has 0 saturated carbocycles. The van der Waals surface area contributed by atoms with Crippen LogP contribution < -0.4 is 0 Å². The molecule has 8 nitrogen and oxygen atoms in total. The van der Waals surface area contributed by atoms with Gasteiger partial charge < -0.3 is 24.4 Å². The molecule has 4 rings (SSSR count). The molecule has 0 aromatic rings. The maximum Gasteiger partial charge on any atom is 0.236 e. The number of amides is 1. The molecule has 0 bridgehead atoms. The Bertz CT molecular complexity index is 919. The first kappa shape index (κ1) is 31.3. The number of unbranched alkanes of at least 4 members (excludes halogenated alkanes) is 2. The third-order valence-electron chi connectivity index (χ3n) is 9.61. The highest BCUT2D eigenvalue weighted by Crippen LogP contribution is 2.47. The van der Waals surface area contributed by atoms with E-state index in [-0.39, 0.29) is 23.0 Å². The van der Waals surface area contributed by atoms with Crippen LogP contribution in [0.3, 0.4) is 0 Å². The van der Waals surface area contributed by atoms with Crippen LogP contribution in [0, 0.1) is 16.7 Å². The number of allylic oxidation sites excluding steroid dienone is 2. The summed E-state index contributed by atoms with van der Waals surface area (Å²) in [5, 5.41) is 10.7. The van der Waals surface area contributed by atoms with E-state index in [0.29, 0.717) is 25.3 Å². The second-order valence-corrected chi connectivity index (χ2v) is 14.1. The summed E-state index contributed by atoms with van der Waals surface area (Å²) in [5.74, 6) is 2.47. The van der Waals surface area contributed by atoms with Gasteiger partial charge in [0.05, 0.1) is 6.54 Å². The fourth-order valence-corrected chi connectivity index (χ4v) is 7.08. The summed E-state index contributed by atoms with van der Waals surface area (Å²) in [6, 6.07) is 0.327. The molecule has 1 amide bonds. The van der Waals surface area contributed by atoms with Crippen molar-refractivity contribution in [2.45, 2.75) is 91.3 Å². The molecule has 8 heteroatoms. The quantitative estimate of drug-likeness (QED) is 0.318. The third kappa shape index (κ3) is 8.02. The Morgan fingerprint density at radius 2 is 1.80 bits per heavy atom. The van der Waals surface area contributed by atoms with E-state index in [1.54, 1.807) is 0 Å². The lowest BCUT2D eigenvalue weighted by molar-refractivity contribution is -0.133. The number of hydrogen-bond donors (Lipinski definition) is 1. The molecule has 4 atom stereocenters. The highest BCUT2D eigenvalue weighted by Gasteiger charge is 2.45. The number of rotatable bonds is 14. The van der Waals surface area contributed by atoms with Crippen LogP contribution in [-0.4, -0.2) is 110 Å². The van der Waals surface area contributed by atoms with Gasteiger partial charge in [-0.25, -0.2) is 0 Å². The average molecular weight is 561 g/mol. The van der Waals surface area contributed by atoms with Gasteiger partial charge in [0.25, 0.3) is 0 Å². The summed E-state index contributed by atoms with van der Waals surface area (Å²) < 4.78 is 11.4. The van der Waals surface area contributed by atoms with Crippen molar-refractivity contribution >= 4 is 5.91 Å². The molecule has 1 N–H and O–H groups in total. The van der Waals surface area contributed by atoms with E-state index >= 15 is 0 Å². The highest BCUT2D eigenvalue weighted by atomic mass is 16.7. The number of nitrogens with zero attached hydrogens (tertiary/aromatic N) is 4. The normalized spacial score (nSPS) is 30.1. The number of aliphatic hydroxyl groups is 1. The predicted molar refractivity (Wildman–Crippen MR) is 159 cm³/mol. The zero-order valence-electron chi connectivity index (χ0n) is 26.2. The fourth-order valence-electron chi connectivity index (χ4n) is 7.08. The number of carbonyl (C=O) groups is 1. The fraction of sp³-hybridized carbons (Fsp3) is 0.844. The molecule has 4 aliphatic rings. The smallest absolute Gasteiger partial charge is 0.236 e. The van der Waals surface area contributed by atoms with Crippen molar-refractivity contribution in [2.75, 3.05) is 66.7 Å². The van der Waals surface area contributed by atoms with Gasteiger partial charge in [-0.3, -0.25) is 14.6 Å². The van der Waals surface area contributed by atoms with Gasteiger partial charge in [0.1, 0.15) is 6.23 Å². The maximum atomic E-state index is 13.8. The molecule has 3 aliphatic heterocycles. The summed E-state index contributed by atoms with van der Waals surface area (Å²) in [6.07, 6.45) is 12.2. The Morgan fingerprint density at radius 3 is 2.50 bits per heavy atom. The monoisotopic (exact) mass is 560 g/mol. The van der Waals surface area contributed by atoms with Gasteiger partial charge in [-0.1, -0.05) is 34.1 Å². The van der Waals surface area contributed by atoms with E-state index in [0.717, 1.165) is 102 Å². The molecular weight excluding hydrogens is 504 g/mol. The number of fused-ring (bicyclic) bond motifs is 1. The van der Waals surface area contributed by atoms with Crippen LogP contribution in [-0.2, 0) is 14.3 Å². The molecule has 0 aromatic carbocycles. The lowest BCUT2D eigenvalue weighted by atomic mass is 9.71. The summed E-state index contributed by atoms with van der Waals surface area (Å²) >= 11 is 0. The largest absolute Gasteiger partial charge is 0.454 e. The Kier molecular flexibility index (Phi) is 10.6. The number of likely N-dealkylation sites (tertiary alicyclic amines) is 2. The summed E-state index contributed by atoms with van der Waals surface area (Å²) in [6.45, 7) is 15.3. The Balaban J connectivity index is 1.43. The third-order valence-corrected chi connectivity index (χ3v) is 9.61. The summed E-state index contributed by atoms with van der Waals surface area (Å²) in [4.78, 5) is 22.8. The second kappa shape index (κ2) is 13.6. The predicted octanol–water partition coefficient (Wildman–Crippen LogP) is 4.27. The minimum Gasteiger partial charge on any atom is -0.454 e. The molecule has 2 unspecified atom stereocenters. The highest BCUT2D eigenvalue weighted by molar-refractivity contribution is 5.78. The lowest BCUT2D eigenvalue weighted by Gasteiger charge is -2.34. The zero-order chi connectivity index (χ0) is 28.9. The van der Waals surface area contributed by atoms with Crippen LogP contribution in [0.2, 0.25) is 0 Å². The first-order valence-electron chi connectivity index (χ1n) is 15.8. The van der Waals surface area contributed by atoms with E-state index in [1.165, 1.54) is 0 Å². The van der Waals surface area contributed by atoms with Crippen molar-refractivity contribution < 1.29 is 19.4 Å². The van der Waals surface area contributed by atoms with E-state index in [2.05, 4.69) is 73.5 Å². The van der Waals surface area contributed by atoms with Gasteiger partial charge in [0, 0.05) is 38.8 Å². The van der Waals surface area contributed by atoms with Crippen LogP contribution in [0.4, 0.5) is 0 Å². The molecule has 1 aliphatic carbocycles. The summed E-state index contributed by atoms with van der Waals surface area (Å²) in [7, 11) is 4.22. The molecular formula is C32H56N4O4. The van der Waals surface area contributed by atoms with E-state index < -0.39 is 0 Å². The Hall–Kier alpha value is -1.61. The maximum absolute atomic E-state index is 13.8. The van der Waals surface area contributed by atoms with Crippen molar-refractivity contribution in [2.24, 2.45) is 16.7 Å². The Morgan fingerprint density at radius 1 is 1.07 bits per heavy atom. The average Bonchev–Trinajstić information content (AvgIpc) is 3.58. The van der Waals surface area contributed by atoms with Gasteiger partial charge in [-0.15, -0.1) is 0 Å². The topological polar surface area (TPSA) is 68.7 Å². The van der Waals surface area contributed by atoms with Gasteiger partial charge in [0.2, 0.25) is 12.7 Å². The van der Waals surface area contributed by atoms with E-state index in [1.807, 2.05) is 0 Å². The first-order valence-corrected chi connectivity index (χ1v) is 15.8. The lowest BCUT2D eigenvalue weighted by Crippen LogP contribution is -2.44. The van der Waals surface area contributed by atoms with Gasteiger partial charge in [-0.05, 0) is 94.5 Å². The molecule has 40 heavy (non-hydrogen) atoms. The van der Waals surface area contributed by atoms with Crippen molar-refractivity contribution in [3.8, 4) is 0 Å². The van der Waals surface area contributed by atoms with Crippen molar-refractivity contribution in [3.63, 3.8) is 0 Å². The number of ether oxygens (including phenoxy) is 2. The first-order chi connectivity index (χ1) is 19.0. The van der Waals surface area contributed by atoms with Crippen LogP contribution >= 0.6 is 0 Å². The van der Waals surface area contributed by atoms with Crippen molar-refractivity contribution in [3.05, 3.63) is 23.7 Å². The van der Waals surface area contributed by atoms with Gasteiger partial charge in [-0.2, -0.15) is 0 Å². The molecule has 3 heterocycles. The zero-order valence-corrected chi connectivity index (χ0v) is 26.2. The molecule has 0 radical (unpaired) electrons. The van der Waals surface area contributed by atoms with Gasteiger partial charge >= 0.3 is 0 Å². The molecule has 0 spiro atoms. The minimum absolute atomic E-state index is 0.0220. The number of aliphatic hydroxyl groups excluding tert-OH is 1. The van der Waals surface area contributed by atoms with Crippen molar-refractivity contribution in [1.29, 1.82) is 0 Å². The number of hydrogen-bond acceptors (Lipinski definition) is 7. The molecule has 228 valence electrons. The molecule has 3 saturated heterocycles. The minimum atomic E-state index is -0.363. The van der Waals surface area contributed by atoms with E-state index in [4.69, 9.17) is 9.47 Å².